The Morgan fingerprint density at radius 3 is 1.86 bits per heavy atom. The second kappa shape index (κ2) is 7.11. The number of benzene rings is 1. The van der Waals surface area contributed by atoms with Gasteiger partial charge in [0.15, 0.2) is 6.10 Å². The SMILES string of the molecule is CC(OC(=O)Oc1c(C(C)C)cccc1C(C)C)C(=O)O. The highest BCUT2D eigenvalue weighted by Crippen LogP contribution is 2.34. The highest BCUT2D eigenvalue weighted by molar-refractivity contribution is 5.76. The quantitative estimate of drug-likeness (QED) is 0.658. The molecule has 1 aromatic rings. The van der Waals surface area contributed by atoms with Crippen LogP contribution in [0.3, 0.4) is 0 Å². The summed E-state index contributed by atoms with van der Waals surface area (Å²) < 4.78 is 10.0. The molecule has 1 rings (SSSR count). The lowest BCUT2D eigenvalue weighted by atomic mass is 9.94. The molecule has 0 aromatic heterocycles. The van der Waals surface area contributed by atoms with E-state index in [1.165, 1.54) is 6.92 Å². The maximum atomic E-state index is 11.8. The number of ether oxygens (including phenoxy) is 2. The lowest BCUT2D eigenvalue weighted by Gasteiger charge is -2.19. The zero-order chi connectivity index (χ0) is 16.2. The summed E-state index contributed by atoms with van der Waals surface area (Å²) in [6, 6.07) is 5.70. The van der Waals surface area contributed by atoms with Crippen LogP contribution >= 0.6 is 0 Å². The highest BCUT2D eigenvalue weighted by atomic mass is 16.7. The summed E-state index contributed by atoms with van der Waals surface area (Å²) in [7, 11) is 0. The standard InChI is InChI=1S/C16H22O5/c1-9(2)12-7-6-8-13(10(3)4)14(12)21-16(19)20-11(5)15(17)18/h6-11H,1-5H3,(H,17,18). The molecule has 0 bridgehead atoms. The molecule has 0 saturated carbocycles. The zero-order valence-corrected chi connectivity index (χ0v) is 13.0. The van der Waals surface area contributed by atoms with Crippen molar-refractivity contribution in [2.24, 2.45) is 0 Å². The van der Waals surface area contributed by atoms with Crippen LogP contribution in [0.2, 0.25) is 0 Å². The summed E-state index contributed by atoms with van der Waals surface area (Å²) in [6.07, 6.45) is -2.24. The Hall–Kier alpha value is -2.04. The van der Waals surface area contributed by atoms with Crippen LogP contribution in [0.5, 0.6) is 5.75 Å². The van der Waals surface area contributed by atoms with Crippen molar-refractivity contribution in [3.05, 3.63) is 29.3 Å². The van der Waals surface area contributed by atoms with E-state index in [4.69, 9.17) is 14.6 Å². The Bertz CT molecular complexity index is 493. The largest absolute Gasteiger partial charge is 0.514 e. The highest BCUT2D eigenvalue weighted by Gasteiger charge is 2.22. The van der Waals surface area contributed by atoms with Crippen molar-refractivity contribution in [3.63, 3.8) is 0 Å². The molecule has 1 aromatic carbocycles. The molecule has 5 heteroatoms. The van der Waals surface area contributed by atoms with Gasteiger partial charge in [-0.15, -0.1) is 0 Å². The van der Waals surface area contributed by atoms with Gasteiger partial charge in [-0.25, -0.2) is 9.59 Å². The van der Waals surface area contributed by atoms with Crippen LogP contribution in [0.25, 0.3) is 0 Å². The van der Waals surface area contributed by atoms with Gasteiger partial charge in [0.1, 0.15) is 5.75 Å². The van der Waals surface area contributed by atoms with Crippen LogP contribution in [-0.4, -0.2) is 23.3 Å². The maximum Gasteiger partial charge on any atom is 0.514 e. The molecule has 0 aliphatic rings. The first-order valence-corrected chi connectivity index (χ1v) is 6.98. The minimum absolute atomic E-state index is 0.170. The molecule has 0 radical (unpaired) electrons. The van der Waals surface area contributed by atoms with E-state index in [1.54, 1.807) is 0 Å². The van der Waals surface area contributed by atoms with Gasteiger partial charge in [0.25, 0.3) is 0 Å². The van der Waals surface area contributed by atoms with E-state index in [0.717, 1.165) is 11.1 Å². The number of hydrogen-bond donors (Lipinski definition) is 1. The average Bonchev–Trinajstić information content (AvgIpc) is 2.37. The van der Waals surface area contributed by atoms with Crippen molar-refractivity contribution >= 4 is 12.1 Å². The molecule has 116 valence electrons. The normalized spacial score (nSPS) is 12.3. The van der Waals surface area contributed by atoms with Gasteiger partial charge in [-0.2, -0.15) is 0 Å². The number of para-hydroxylation sites is 1. The number of aliphatic carboxylic acids is 1. The van der Waals surface area contributed by atoms with Gasteiger partial charge in [-0.05, 0) is 29.9 Å². The molecule has 0 fully saturated rings. The second-order valence-electron chi connectivity index (χ2n) is 5.53. The van der Waals surface area contributed by atoms with Crippen LogP contribution in [0.15, 0.2) is 18.2 Å². The fraction of sp³-hybridized carbons (Fsp3) is 0.500. The van der Waals surface area contributed by atoms with Crippen LogP contribution in [0, 0.1) is 0 Å². The first-order chi connectivity index (χ1) is 9.73. The van der Waals surface area contributed by atoms with E-state index < -0.39 is 18.2 Å². The first kappa shape index (κ1) is 17.0. The molecule has 0 aliphatic carbocycles. The van der Waals surface area contributed by atoms with Crippen molar-refractivity contribution in [2.75, 3.05) is 0 Å². The van der Waals surface area contributed by atoms with E-state index >= 15 is 0 Å². The van der Waals surface area contributed by atoms with Gasteiger partial charge in [-0.1, -0.05) is 45.9 Å². The molecule has 1 N–H and O–H groups in total. The first-order valence-electron chi connectivity index (χ1n) is 6.98. The van der Waals surface area contributed by atoms with Crippen molar-refractivity contribution in [2.45, 2.75) is 52.6 Å². The van der Waals surface area contributed by atoms with Crippen LogP contribution in [0.4, 0.5) is 4.79 Å². The molecule has 21 heavy (non-hydrogen) atoms. The predicted octanol–water partition coefficient (Wildman–Crippen LogP) is 3.92. The van der Waals surface area contributed by atoms with Gasteiger partial charge in [0.05, 0.1) is 0 Å². The Morgan fingerprint density at radius 1 is 1.00 bits per heavy atom. The number of carbonyl (C=O) groups excluding carboxylic acids is 1. The van der Waals surface area contributed by atoms with Crippen LogP contribution in [0.1, 0.15) is 57.6 Å². The van der Waals surface area contributed by atoms with Crippen molar-refractivity contribution in [3.8, 4) is 5.75 Å². The van der Waals surface area contributed by atoms with Crippen molar-refractivity contribution < 1.29 is 24.2 Å². The molecule has 0 spiro atoms. The third-order valence-corrected chi connectivity index (χ3v) is 3.13. The van der Waals surface area contributed by atoms with Gasteiger partial charge in [0.2, 0.25) is 0 Å². The van der Waals surface area contributed by atoms with E-state index in [0.29, 0.717) is 5.75 Å². The molecular formula is C16H22O5. The number of carbonyl (C=O) groups is 2. The number of carboxylic acids is 1. The van der Waals surface area contributed by atoms with E-state index in [1.807, 2.05) is 45.9 Å². The molecule has 0 aliphatic heterocycles. The zero-order valence-electron chi connectivity index (χ0n) is 13.0. The summed E-state index contributed by atoms with van der Waals surface area (Å²) >= 11 is 0. The van der Waals surface area contributed by atoms with E-state index in [9.17, 15) is 9.59 Å². The van der Waals surface area contributed by atoms with Crippen LogP contribution < -0.4 is 4.74 Å². The minimum Gasteiger partial charge on any atom is -0.479 e. The van der Waals surface area contributed by atoms with Gasteiger partial charge < -0.3 is 14.6 Å². The molecule has 0 amide bonds. The van der Waals surface area contributed by atoms with Gasteiger partial charge >= 0.3 is 12.1 Å². The van der Waals surface area contributed by atoms with Gasteiger partial charge in [-0.3, -0.25) is 0 Å². The summed E-state index contributed by atoms with van der Waals surface area (Å²) in [5.41, 5.74) is 1.78. The molecule has 1 atom stereocenters. The molecule has 5 nitrogen and oxygen atoms in total. The summed E-state index contributed by atoms with van der Waals surface area (Å²) in [4.78, 5) is 22.5. The lowest BCUT2D eigenvalue weighted by Crippen LogP contribution is -2.26. The third kappa shape index (κ3) is 4.48. The number of hydrogen-bond acceptors (Lipinski definition) is 4. The Kier molecular flexibility index (Phi) is 5.76. The fourth-order valence-electron chi connectivity index (χ4n) is 1.90. The third-order valence-electron chi connectivity index (χ3n) is 3.13. The van der Waals surface area contributed by atoms with Gasteiger partial charge in [0, 0.05) is 0 Å². The molecular weight excluding hydrogens is 272 g/mol. The van der Waals surface area contributed by atoms with Crippen molar-refractivity contribution in [1.82, 2.24) is 0 Å². The average molecular weight is 294 g/mol. The number of carboxylic acid groups (broad SMARTS) is 1. The topological polar surface area (TPSA) is 72.8 Å². The molecule has 1 unspecified atom stereocenters. The Morgan fingerprint density at radius 2 is 1.48 bits per heavy atom. The van der Waals surface area contributed by atoms with E-state index in [-0.39, 0.29) is 11.8 Å². The second-order valence-corrected chi connectivity index (χ2v) is 5.53. The lowest BCUT2D eigenvalue weighted by molar-refractivity contribution is -0.146. The fourth-order valence-corrected chi connectivity index (χ4v) is 1.90. The summed E-state index contributed by atoms with van der Waals surface area (Å²) in [5, 5.41) is 8.75. The molecule has 0 saturated heterocycles. The molecule has 0 heterocycles. The minimum atomic E-state index is -1.24. The summed E-state index contributed by atoms with van der Waals surface area (Å²) in [5.74, 6) is -0.412. The Balaban J connectivity index is 3.05. The monoisotopic (exact) mass is 294 g/mol. The number of rotatable bonds is 5. The van der Waals surface area contributed by atoms with E-state index in [2.05, 4.69) is 0 Å². The maximum absolute atomic E-state index is 11.8. The van der Waals surface area contributed by atoms with Crippen molar-refractivity contribution in [1.29, 1.82) is 0 Å². The van der Waals surface area contributed by atoms with Crippen LogP contribution in [-0.2, 0) is 9.53 Å². The predicted molar refractivity (Wildman–Crippen MR) is 78.8 cm³/mol. The Labute approximate surface area is 124 Å². The summed E-state index contributed by atoms with van der Waals surface area (Å²) in [6.45, 7) is 9.27. The smallest absolute Gasteiger partial charge is 0.479 e.